The van der Waals surface area contributed by atoms with Crippen LogP contribution in [-0.2, 0) is 4.79 Å². The Kier molecular flexibility index (Phi) is 4.62. The Morgan fingerprint density at radius 2 is 1.93 bits per heavy atom. The second-order valence-electron chi connectivity index (χ2n) is 5.09. The van der Waals surface area contributed by atoms with Crippen molar-refractivity contribution in [1.82, 2.24) is 4.90 Å². The van der Waals surface area contributed by atoms with Crippen LogP contribution in [0.3, 0.4) is 0 Å². The van der Waals surface area contributed by atoms with Gasteiger partial charge < -0.3 is 4.90 Å². The Morgan fingerprint density at radius 3 is 2.40 bits per heavy atom. The van der Waals surface area contributed by atoms with Crippen LogP contribution in [0.1, 0.15) is 53.4 Å². The van der Waals surface area contributed by atoms with Gasteiger partial charge in [0.15, 0.2) is 0 Å². The van der Waals surface area contributed by atoms with Crippen LogP contribution in [0.25, 0.3) is 0 Å². The number of nitrogens with zero attached hydrogens (tertiary/aromatic N) is 1. The van der Waals surface area contributed by atoms with Crippen molar-refractivity contribution < 1.29 is 4.79 Å². The number of rotatable bonds is 3. The molecule has 0 radical (unpaired) electrons. The van der Waals surface area contributed by atoms with E-state index in [1.54, 1.807) is 0 Å². The van der Waals surface area contributed by atoms with Gasteiger partial charge in [-0.15, -0.1) is 0 Å². The lowest BCUT2D eigenvalue weighted by Crippen LogP contribution is -2.43. The van der Waals surface area contributed by atoms with Crippen LogP contribution in [0.5, 0.6) is 0 Å². The Morgan fingerprint density at radius 1 is 1.33 bits per heavy atom. The second-order valence-corrected chi connectivity index (χ2v) is 5.09. The highest BCUT2D eigenvalue weighted by atomic mass is 16.2. The minimum absolute atomic E-state index is 0.293. The molecule has 0 aromatic rings. The highest BCUT2D eigenvalue weighted by Gasteiger charge is 2.31. The molecule has 1 amide bonds. The van der Waals surface area contributed by atoms with Crippen molar-refractivity contribution in [2.45, 2.75) is 59.4 Å². The third-order valence-electron chi connectivity index (χ3n) is 3.68. The van der Waals surface area contributed by atoms with Crippen molar-refractivity contribution >= 4 is 5.91 Å². The molecule has 2 atom stereocenters. The molecule has 1 aliphatic carbocycles. The molecule has 0 aliphatic heterocycles. The molecule has 0 saturated heterocycles. The van der Waals surface area contributed by atoms with Gasteiger partial charge in [-0.3, -0.25) is 4.79 Å². The molecule has 2 nitrogen and oxygen atoms in total. The van der Waals surface area contributed by atoms with Crippen molar-refractivity contribution in [2.75, 3.05) is 6.54 Å². The maximum absolute atomic E-state index is 12.3. The lowest BCUT2D eigenvalue weighted by molar-refractivity contribution is -0.139. The molecule has 88 valence electrons. The van der Waals surface area contributed by atoms with Gasteiger partial charge in [-0.25, -0.2) is 0 Å². The molecule has 0 heterocycles. The lowest BCUT2D eigenvalue weighted by atomic mass is 9.79. The first-order chi connectivity index (χ1) is 7.07. The zero-order valence-electron chi connectivity index (χ0n) is 10.6. The average molecular weight is 211 g/mol. The van der Waals surface area contributed by atoms with Gasteiger partial charge in [-0.1, -0.05) is 19.8 Å². The van der Waals surface area contributed by atoms with Crippen LogP contribution in [0.4, 0.5) is 0 Å². The smallest absolute Gasteiger partial charge is 0.226 e. The number of carbonyl (C=O) groups is 1. The molecular formula is C13H25NO. The summed E-state index contributed by atoms with van der Waals surface area (Å²) in [6, 6.07) is 0.344. The zero-order valence-corrected chi connectivity index (χ0v) is 10.6. The molecule has 2 heteroatoms. The van der Waals surface area contributed by atoms with Crippen molar-refractivity contribution in [3.63, 3.8) is 0 Å². The maximum atomic E-state index is 12.3. The zero-order chi connectivity index (χ0) is 11.4. The summed E-state index contributed by atoms with van der Waals surface area (Å²) in [5.74, 6) is 1.26. The summed E-state index contributed by atoms with van der Waals surface area (Å²) < 4.78 is 0. The molecule has 1 saturated carbocycles. The summed E-state index contributed by atoms with van der Waals surface area (Å²) in [6.45, 7) is 9.37. The van der Waals surface area contributed by atoms with Crippen LogP contribution in [0.15, 0.2) is 0 Å². The van der Waals surface area contributed by atoms with E-state index in [0.29, 0.717) is 23.8 Å². The summed E-state index contributed by atoms with van der Waals surface area (Å²) in [6.07, 6.45) is 4.87. The third-order valence-corrected chi connectivity index (χ3v) is 3.68. The van der Waals surface area contributed by atoms with Crippen molar-refractivity contribution in [3.05, 3.63) is 0 Å². The topological polar surface area (TPSA) is 20.3 Å². The first-order valence-corrected chi connectivity index (χ1v) is 6.38. The first-order valence-electron chi connectivity index (χ1n) is 6.38. The molecule has 15 heavy (non-hydrogen) atoms. The predicted molar refractivity (Wildman–Crippen MR) is 63.6 cm³/mol. The molecule has 0 N–H and O–H groups in total. The second kappa shape index (κ2) is 5.53. The summed E-state index contributed by atoms with van der Waals surface area (Å²) in [5.41, 5.74) is 0. The maximum Gasteiger partial charge on any atom is 0.226 e. The number of hydrogen-bond acceptors (Lipinski definition) is 1. The van der Waals surface area contributed by atoms with Crippen LogP contribution in [0, 0.1) is 11.8 Å². The third kappa shape index (κ3) is 2.96. The Labute approximate surface area is 94.0 Å². The van der Waals surface area contributed by atoms with Crippen molar-refractivity contribution in [1.29, 1.82) is 0 Å². The van der Waals surface area contributed by atoms with Crippen LogP contribution in [-0.4, -0.2) is 23.4 Å². The van der Waals surface area contributed by atoms with Gasteiger partial charge >= 0.3 is 0 Å². The van der Waals surface area contributed by atoms with E-state index in [2.05, 4.69) is 27.7 Å². The van der Waals surface area contributed by atoms with Gasteiger partial charge in [0, 0.05) is 18.5 Å². The SMILES string of the molecule is CCN(C(=O)C1CCCCC1C)C(C)C. The summed E-state index contributed by atoms with van der Waals surface area (Å²) in [5, 5.41) is 0. The van der Waals surface area contributed by atoms with Gasteiger partial charge in [0.25, 0.3) is 0 Å². The minimum atomic E-state index is 0.293. The molecule has 1 aliphatic rings. The monoisotopic (exact) mass is 211 g/mol. The average Bonchev–Trinajstić information content (AvgIpc) is 2.18. The molecule has 0 spiro atoms. The molecule has 0 aromatic heterocycles. The van der Waals surface area contributed by atoms with E-state index >= 15 is 0 Å². The Balaban J connectivity index is 2.64. The van der Waals surface area contributed by atoms with Gasteiger partial charge in [0.2, 0.25) is 5.91 Å². The van der Waals surface area contributed by atoms with Gasteiger partial charge in [-0.2, -0.15) is 0 Å². The quantitative estimate of drug-likeness (QED) is 0.702. The first kappa shape index (κ1) is 12.5. The summed E-state index contributed by atoms with van der Waals surface area (Å²) in [7, 11) is 0. The minimum Gasteiger partial charge on any atom is -0.340 e. The van der Waals surface area contributed by atoms with E-state index in [9.17, 15) is 4.79 Å². The number of amides is 1. The normalized spacial score (nSPS) is 26.7. The molecule has 1 fully saturated rings. The molecular weight excluding hydrogens is 186 g/mol. The Bertz CT molecular complexity index is 213. The van der Waals surface area contributed by atoms with E-state index in [1.807, 2.05) is 4.90 Å². The largest absolute Gasteiger partial charge is 0.340 e. The van der Waals surface area contributed by atoms with Gasteiger partial charge in [-0.05, 0) is 39.5 Å². The Hall–Kier alpha value is -0.530. The number of carbonyl (C=O) groups excluding carboxylic acids is 1. The standard InChI is InChI=1S/C13H25NO/c1-5-14(10(2)3)13(15)12-9-7-6-8-11(12)4/h10-12H,5-9H2,1-4H3. The van der Waals surface area contributed by atoms with E-state index in [0.717, 1.165) is 13.0 Å². The summed E-state index contributed by atoms with van der Waals surface area (Å²) in [4.78, 5) is 14.3. The van der Waals surface area contributed by atoms with Crippen LogP contribution < -0.4 is 0 Å². The van der Waals surface area contributed by atoms with Gasteiger partial charge in [0.05, 0.1) is 0 Å². The summed E-state index contributed by atoms with van der Waals surface area (Å²) >= 11 is 0. The van der Waals surface area contributed by atoms with Crippen LogP contribution >= 0.6 is 0 Å². The highest BCUT2D eigenvalue weighted by Crippen LogP contribution is 2.31. The van der Waals surface area contributed by atoms with Crippen molar-refractivity contribution in [2.24, 2.45) is 11.8 Å². The van der Waals surface area contributed by atoms with Crippen molar-refractivity contribution in [3.8, 4) is 0 Å². The van der Waals surface area contributed by atoms with E-state index in [4.69, 9.17) is 0 Å². The van der Waals surface area contributed by atoms with E-state index in [1.165, 1.54) is 19.3 Å². The van der Waals surface area contributed by atoms with Gasteiger partial charge in [0.1, 0.15) is 0 Å². The highest BCUT2D eigenvalue weighted by molar-refractivity contribution is 5.79. The fourth-order valence-electron chi connectivity index (χ4n) is 2.67. The molecule has 0 bridgehead atoms. The fourth-order valence-corrected chi connectivity index (χ4v) is 2.67. The molecule has 1 rings (SSSR count). The molecule has 2 unspecified atom stereocenters. The van der Waals surface area contributed by atoms with E-state index in [-0.39, 0.29) is 0 Å². The lowest BCUT2D eigenvalue weighted by Gasteiger charge is -2.34. The van der Waals surface area contributed by atoms with Crippen LogP contribution in [0.2, 0.25) is 0 Å². The fraction of sp³-hybridized carbons (Fsp3) is 0.923. The predicted octanol–water partition coefficient (Wildman–Crippen LogP) is 3.07. The number of hydrogen-bond donors (Lipinski definition) is 0. The van der Waals surface area contributed by atoms with E-state index < -0.39 is 0 Å². The molecule has 0 aromatic carbocycles.